The largest absolute Gasteiger partial charge is 0.480 e. The minimum atomic E-state index is -0.857. The van der Waals surface area contributed by atoms with Crippen molar-refractivity contribution in [1.82, 2.24) is 4.90 Å². The summed E-state index contributed by atoms with van der Waals surface area (Å²) in [7, 11) is 0. The highest BCUT2D eigenvalue weighted by Crippen LogP contribution is 2.61. The number of carboxylic acid groups (broad SMARTS) is 1. The van der Waals surface area contributed by atoms with Crippen molar-refractivity contribution < 1.29 is 14.7 Å². The molecule has 0 bridgehead atoms. The molecular weight excluding hydrogens is 278 g/mol. The maximum Gasteiger partial charge on any atom is 0.326 e. The van der Waals surface area contributed by atoms with E-state index in [2.05, 4.69) is 24.3 Å². The SMILES string of the molecule is O=C(O)[C@H]1CCCN1C(=O)C1CC12CCCc1ccccc12. The molecule has 1 saturated heterocycles. The number of aryl methyl sites for hydroxylation is 1. The van der Waals surface area contributed by atoms with E-state index in [1.54, 1.807) is 4.90 Å². The molecule has 4 rings (SSSR count). The minimum Gasteiger partial charge on any atom is -0.480 e. The smallest absolute Gasteiger partial charge is 0.326 e. The van der Waals surface area contributed by atoms with Crippen LogP contribution in [0.25, 0.3) is 0 Å². The zero-order chi connectivity index (χ0) is 15.3. The van der Waals surface area contributed by atoms with E-state index in [0.29, 0.717) is 13.0 Å². The Kier molecular flexibility index (Phi) is 3.03. The molecule has 3 atom stereocenters. The Morgan fingerprint density at radius 2 is 2.05 bits per heavy atom. The monoisotopic (exact) mass is 299 g/mol. The van der Waals surface area contributed by atoms with Crippen molar-refractivity contribution in [3.8, 4) is 0 Å². The van der Waals surface area contributed by atoms with Gasteiger partial charge >= 0.3 is 5.97 Å². The van der Waals surface area contributed by atoms with Gasteiger partial charge in [0.25, 0.3) is 0 Å². The molecule has 4 heteroatoms. The van der Waals surface area contributed by atoms with Crippen molar-refractivity contribution in [1.29, 1.82) is 0 Å². The third-order valence-corrected chi connectivity index (χ3v) is 5.82. The van der Waals surface area contributed by atoms with Crippen LogP contribution in [0.15, 0.2) is 24.3 Å². The van der Waals surface area contributed by atoms with Crippen LogP contribution < -0.4 is 0 Å². The van der Waals surface area contributed by atoms with Crippen LogP contribution >= 0.6 is 0 Å². The van der Waals surface area contributed by atoms with Gasteiger partial charge in [-0.05, 0) is 49.7 Å². The second-order valence-electron chi connectivity index (χ2n) is 6.95. The first-order valence-electron chi connectivity index (χ1n) is 8.25. The molecule has 22 heavy (non-hydrogen) atoms. The maximum absolute atomic E-state index is 12.9. The number of hydrogen-bond acceptors (Lipinski definition) is 2. The van der Waals surface area contributed by atoms with Gasteiger partial charge in [-0.2, -0.15) is 0 Å². The van der Waals surface area contributed by atoms with E-state index in [1.165, 1.54) is 11.1 Å². The quantitative estimate of drug-likeness (QED) is 0.912. The first kappa shape index (κ1) is 13.8. The van der Waals surface area contributed by atoms with E-state index in [1.807, 2.05) is 0 Å². The van der Waals surface area contributed by atoms with Crippen LogP contribution in [0.4, 0.5) is 0 Å². The number of nitrogens with zero attached hydrogens (tertiary/aromatic N) is 1. The average molecular weight is 299 g/mol. The molecule has 2 fully saturated rings. The molecule has 1 aromatic rings. The molecule has 2 aliphatic carbocycles. The lowest BCUT2D eigenvalue weighted by atomic mass is 9.78. The summed E-state index contributed by atoms with van der Waals surface area (Å²) in [4.78, 5) is 25.8. The molecule has 0 aromatic heterocycles. The zero-order valence-corrected chi connectivity index (χ0v) is 12.6. The van der Waals surface area contributed by atoms with Gasteiger partial charge in [-0.25, -0.2) is 4.79 Å². The molecule has 0 radical (unpaired) electrons. The third kappa shape index (κ3) is 1.89. The number of amides is 1. The lowest BCUT2D eigenvalue weighted by molar-refractivity contribution is -0.148. The number of rotatable bonds is 2. The van der Waals surface area contributed by atoms with Gasteiger partial charge in [0, 0.05) is 17.9 Å². The summed E-state index contributed by atoms with van der Waals surface area (Å²) in [5.74, 6) is -0.792. The van der Waals surface area contributed by atoms with Gasteiger partial charge in [0.05, 0.1) is 0 Å². The van der Waals surface area contributed by atoms with Crippen LogP contribution in [0.2, 0.25) is 0 Å². The Labute approximate surface area is 130 Å². The van der Waals surface area contributed by atoms with Crippen molar-refractivity contribution in [2.75, 3.05) is 6.54 Å². The standard InChI is InChI=1S/C18H21NO3/c20-16(19-10-4-8-15(19)17(21)22)14-11-18(14)9-3-6-12-5-1-2-7-13(12)18/h1-2,5,7,14-15H,3-4,6,8-11H2,(H,21,22)/t14?,15-,18?/m1/s1. The molecule has 1 spiro atoms. The summed E-state index contributed by atoms with van der Waals surface area (Å²) in [6.07, 6.45) is 5.58. The van der Waals surface area contributed by atoms with Crippen LogP contribution in [0, 0.1) is 5.92 Å². The summed E-state index contributed by atoms with van der Waals surface area (Å²) in [6, 6.07) is 7.86. The molecule has 1 aromatic carbocycles. The molecule has 116 valence electrons. The maximum atomic E-state index is 12.9. The fourth-order valence-electron chi connectivity index (χ4n) is 4.64. The van der Waals surface area contributed by atoms with Crippen molar-refractivity contribution in [2.45, 2.75) is 50.0 Å². The zero-order valence-electron chi connectivity index (χ0n) is 12.6. The van der Waals surface area contributed by atoms with Gasteiger partial charge in [0.1, 0.15) is 6.04 Å². The molecular formula is C18H21NO3. The Morgan fingerprint density at radius 1 is 1.23 bits per heavy atom. The van der Waals surface area contributed by atoms with E-state index < -0.39 is 12.0 Å². The number of fused-ring (bicyclic) bond motifs is 2. The number of likely N-dealkylation sites (tertiary alicyclic amines) is 1. The van der Waals surface area contributed by atoms with Gasteiger partial charge < -0.3 is 10.0 Å². The topological polar surface area (TPSA) is 57.6 Å². The molecule has 1 saturated carbocycles. The predicted molar refractivity (Wildman–Crippen MR) is 81.5 cm³/mol. The van der Waals surface area contributed by atoms with E-state index in [9.17, 15) is 14.7 Å². The number of hydrogen-bond donors (Lipinski definition) is 1. The van der Waals surface area contributed by atoms with Crippen molar-refractivity contribution in [3.05, 3.63) is 35.4 Å². The fraction of sp³-hybridized carbons (Fsp3) is 0.556. The summed E-state index contributed by atoms with van der Waals surface area (Å²) >= 11 is 0. The van der Waals surface area contributed by atoms with E-state index in [4.69, 9.17) is 0 Å². The van der Waals surface area contributed by atoms with Gasteiger partial charge in [0.15, 0.2) is 0 Å². The van der Waals surface area contributed by atoms with Crippen LogP contribution in [0.1, 0.15) is 43.2 Å². The molecule has 1 heterocycles. The van der Waals surface area contributed by atoms with Gasteiger partial charge in [-0.3, -0.25) is 4.79 Å². The minimum absolute atomic E-state index is 0.00241. The van der Waals surface area contributed by atoms with Crippen molar-refractivity contribution >= 4 is 11.9 Å². The Morgan fingerprint density at radius 3 is 2.86 bits per heavy atom. The molecule has 4 nitrogen and oxygen atoms in total. The number of aliphatic carboxylic acids is 1. The molecule has 3 aliphatic rings. The average Bonchev–Trinajstić information content (AvgIpc) is 3.01. The second-order valence-corrected chi connectivity index (χ2v) is 6.95. The van der Waals surface area contributed by atoms with Crippen LogP contribution in [-0.4, -0.2) is 34.5 Å². The van der Waals surface area contributed by atoms with Gasteiger partial charge in [-0.1, -0.05) is 24.3 Å². The van der Waals surface area contributed by atoms with Crippen LogP contribution in [0.3, 0.4) is 0 Å². The molecule has 2 unspecified atom stereocenters. The fourth-order valence-corrected chi connectivity index (χ4v) is 4.64. The van der Waals surface area contributed by atoms with E-state index >= 15 is 0 Å². The highest BCUT2D eigenvalue weighted by Gasteiger charge is 2.61. The van der Waals surface area contributed by atoms with Crippen LogP contribution in [0.5, 0.6) is 0 Å². The second kappa shape index (κ2) is 4.83. The lowest BCUT2D eigenvalue weighted by Gasteiger charge is -2.28. The lowest BCUT2D eigenvalue weighted by Crippen LogP contribution is -2.42. The van der Waals surface area contributed by atoms with Gasteiger partial charge in [0.2, 0.25) is 5.91 Å². The number of benzene rings is 1. The summed E-state index contributed by atoms with van der Waals surface area (Å²) in [5.41, 5.74) is 2.71. The van der Waals surface area contributed by atoms with Crippen LogP contribution in [-0.2, 0) is 21.4 Å². The normalized spacial score (nSPS) is 32.8. The summed E-state index contributed by atoms with van der Waals surface area (Å²) in [6.45, 7) is 0.601. The predicted octanol–water partition coefficient (Wildman–Crippen LogP) is 2.36. The first-order valence-corrected chi connectivity index (χ1v) is 8.25. The first-order chi connectivity index (χ1) is 10.6. The molecule has 1 aliphatic heterocycles. The molecule has 1 amide bonds. The summed E-state index contributed by atoms with van der Waals surface area (Å²) < 4.78 is 0. The molecule has 1 N–H and O–H groups in total. The summed E-state index contributed by atoms with van der Waals surface area (Å²) in [5, 5.41) is 9.30. The third-order valence-electron chi connectivity index (χ3n) is 5.82. The number of carbonyl (C=O) groups excluding carboxylic acids is 1. The highest BCUT2D eigenvalue weighted by atomic mass is 16.4. The van der Waals surface area contributed by atoms with Crippen molar-refractivity contribution in [3.63, 3.8) is 0 Å². The Balaban J connectivity index is 1.60. The Hall–Kier alpha value is -1.84. The number of carbonyl (C=O) groups is 2. The van der Waals surface area contributed by atoms with E-state index in [0.717, 1.165) is 32.1 Å². The van der Waals surface area contributed by atoms with Crippen molar-refractivity contribution in [2.24, 2.45) is 5.92 Å². The van der Waals surface area contributed by atoms with E-state index in [-0.39, 0.29) is 17.2 Å². The Bertz CT molecular complexity index is 641. The number of carboxylic acids is 1. The van der Waals surface area contributed by atoms with Gasteiger partial charge in [-0.15, -0.1) is 0 Å². The highest BCUT2D eigenvalue weighted by molar-refractivity contribution is 5.89.